The second kappa shape index (κ2) is 3.21. The van der Waals surface area contributed by atoms with Crippen LogP contribution in [-0.4, -0.2) is 16.1 Å². The van der Waals surface area contributed by atoms with Crippen LogP contribution in [-0.2, 0) is 0 Å². The highest BCUT2D eigenvalue weighted by Gasteiger charge is 2.09. The number of thiazole rings is 1. The van der Waals surface area contributed by atoms with Gasteiger partial charge in [-0.2, -0.15) is 0 Å². The van der Waals surface area contributed by atoms with Crippen LogP contribution in [0.4, 0.5) is 0 Å². The number of rotatable bonds is 1. The van der Waals surface area contributed by atoms with Gasteiger partial charge in [-0.3, -0.25) is 4.79 Å². The zero-order valence-corrected chi connectivity index (χ0v) is 9.11. The molecule has 0 saturated carbocycles. The van der Waals surface area contributed by atoms with E-state index < -0.39 is 5.97 Å². The number of aromatic nitrogens is 1. The molecule has 0 fully saturated rings. The molecule has 6 heteroatoms. The molecular formula is C8H4BrNO3S. The molecule has 0 aliphatic heterocycles. The lowest BCUT2D eigenvalue weighted by Crippen LogP contribution is -1.95. The summed E-state index contributed by atoms with van der Waals surface area (Å²) < 4.78 is 1.23. The molecule has 4 nitrogen and oxygen atoms in total. The summed E-state index contributed by atoms with van der Waals surface area (Å²) in [6, 6.07) is 2.94. The Morgan fingerprint density at radius 2 is 2.21 bits per heavy atom. The highest BCUT2D eigenvalue weighted by molar-refractivity contribution is 9.10. The van der Waals surface area contributed by atoms with Gasteiger partial charge >= 0.3 is 10.8 Å². The summed E-state index contributed by atoms with van der Waals surface area (Å²) in [5.41, 5.74) is 0.810. The second-order valence-electron chi connectivity index (χ2n) is 2.65. The van der Waals surface area contributed by atoms with Gasteiger partial charge in [0.05, 0.1) is 15.8 Å². The molecule has 0 unspecified atom stereocenters. The van der Waals surface area contributed by atoms with Gasteiger partial charge in [0.1, 0.15) is 0 Å². The van der Waals surface area contributed by atoms with Crippen LogP contribution in [0.25, 0.3) is 10.2 Å². The molecule has 14 heavy (non-hydrogen) atoms. The summed E-state index contributed by atoms with van der Waals surface area (Å²) in [4.78, 5) is 24.1. The molecule has 0 radical (unpaired) electrons. The van der Waals surface area contributed by atoms with Gasteiger partial charge < -0.3 is 10.1 Å². The van der Waals surface area contributed by atoms with Crippen LogP contribution in [0.1, 0.15) is 10.4 Å². The predicted octanol–water partition coefficient (Wildman–Crippen LogP) is 2.05. The highest BCUT2D eigenvalue weighted by atomic mass is 79.9. The topological polar surface area (TPSA) is 70.2 Å². The van der Waals surface area contributed by atoms with Gasteiger partial charge in [-0.05, 0) is 28.1 Å². The van der Waals surface area contributed by atoms with Gasteiger partial charge in [-0.25, -0.2) is 4.79 Å². The normalized spacial score (nSPS) is 10.6. The first-order chi connectivity index (χ1) is 6.58. The van der Waals surface area contributed by atoms with Crippen molar-refractivity contribution >= 4 is 43.5 Å². The molecule has 0 aliphatic rings. The van der Waals surface area contributed by atoms with Crippen LogP contribution in [0, 0.1) is 0 Å². The number of carbonyl (C=O) groups is 1. The Kier molecular flexibility index (Phi) is 2.16. The number of benzene rings is 1. The zero-order valence-electron chi connectivity index (χ0n) is 6.70. The van der Waals surface area contributed by atoms with Crippen LogP contribution in [0.15, 0.2) is 21.4 Å². The molecule has 0 spiro atoms. The number of carboxylic acid groups (broad SMARTS) is 1. The smallest absolute Gasteiger partial charge is 0.335 e. The molecule has 2 rings (SSSR count). The maximum Gasteiger partial charge on any atom is 0.335 e. The summed E-state index contributed by atoms with van der Waals surface area (Å²) in [5, 5.41) is 8.77. The fourth-order valence-electron chi connectivity index (χ4n) is 1.13. The first kappa shape index (κ1) is 9.42. The van der Waals surface area contributed by atoms with Crippen LogP contribution in [0.2, 0.25) is 0 Å². The minimum absolute atomic E-state index is 0.166. The SMILES string of the molecule is O=C(O)c1cc(Br)c2[nH]c(=O)sc2c1. The Morgan fingerprint density at radius 1 is 1.50 bits per heavy atom. The Balaban J connectivity index is 2.84. The molecular weight excluding hydrogens is 270 g/mol. The minimum atomic E-state index is -1.01. The molecule has 0 atom stereocenters. The third kappa shape index (κ3) is 1.46. The largest absolute Gasteiger partial charge is 0.478 e. The van der Waals surface area contributed by atoms with Crippen molar-refractivity contribution in [1.82, 2.24) is 4.98 Å². The number of aromatic amines is 1. The summed E-state index contributed by atoms with van der Waals surface area (Å²) in [5.74, 6) is -1.01. The lowest BCUT2D eigenvalue weighted by molar-refractivity contribution is 0.0697. The molecule has 2 N–H and O–H groups in total. The van der Waals surface area contributed by atoms with Crippen molar-refractivity contribution in [1.29, 1.82) is 0 Å². The maximum absolute atomic E-state index is 11.0. The first-order valence-corrected chi connectivity index (χ1v) is 5.24. The van der Waals surface area contributed by atoms with Crippen molar-refractivity contribution in [2.45, 2.75) is 0 Å². The van der Waals surface area contributed by atoms with E-state index in [1.54, 1.807) is 0 Å². The summed E-state index contributed by atoms with van der Waals surface area (Å²) in [7, 11) is 0. The molecule has 1 heterocycles. The van der Waals surface area contributed by atoms with Crippen molar-refractivity contribution in [3.05, 3.63) is 31.8 Å². The van der Waals surface area contributed by atoms with Crippen LogP contribution in [0.5, 0.6) is 0 Å². The first-order valence-electron chi connectivity index (χ1n) is 3.63. The fraction of sp³-hybridized carbons (Fsp3) is 0. The van der Waals surface area contributed by atoms with E-state index in [0.29, 0.717) is 14.7 Å². The fourth-order valence-corrected chi connectivity index (χ4v) is 2.63. The van der Waals surface area contributed by atoms with Crippen LogP contribution in [0.3, 0.4) is 0 Å². The Labute approximate surface area is 90.3 Å². The lowest BCUT2D eigenvalue weighted by Gasteiger charge is -1.96. The van der Waals surface area contributed by atoms with E-state index >= 15 is 0 Å². The van der Waals surface area contributed by atoms with Gasteiger partial charge in [0.2, 0.25) is 0 Å². The van der Waals surface area contributed by atoms with Crippen molar-refractivity contribution < 1.29 is 9.90 Å². The highest BCUT2D eigenvalue weighted by Crippen LogP contribution is 2.25. The van der Waals surface area contributed by atoms with E-state index in [0.717, 1.165) is 11.3 Å². The molecule has 2 aromatic rings. The predicted molar refractivity (Wildman–Crippen MR) is 57.1 cm³/mol. The quantitative estimate of drug-likeness (QED) is 0.836. The number of nitrogens with one attached hydrogen (secondary N) is 1. The molecule has 0 aliphatic carbocycles. The van der Waals surface area contributed by atoms with Gasteiger partial charge in [0.15, 0.2) is 0 Å². The second-order valence-corrected chi connectivity index (χ2v) is 4.52. The molecule has 1 aromatic heterocycles. The summed E-state index contributed by atoms with van der Waals surface area (Å²) in [6.45, 7) is 0. The molecule has 72 valence electrons. The third-order valence-electron chi connectivity index (χ3n) is 1.73. The standard InChI is InChI=1S/C8H4BrNO3S/c9-4-1-3(7(11)12)2-5-6(4)10-8(13)14-5/h1-2H,(H,10,13)(H,11,12). The Morgan fingerprint density at radius 3 is 2.86 bits per heavy atom. The average Bonchev–Trinajstić information content (AvgIpc) is 2.45. The lowest BCUT2D eigenvalue weighted by atomic mass is 10.2. The third-order valence-corrected chi connectivity index (χ3v) is 3.19. The van der Waals surface area contributed by atoms with E-state index in [9.17, 15) is 9.59 Å². The molecule has 0 saturated heterocycles. The number of aromatic carboxylic acids is 1. The van der Waals surface area contributed by atoms with E-state index in [1.807, 2.05) is 0 Å². The van der Waals surface area contributed by atoms with Crippen molar-refractivity contribution in [3.8, 4) is 0 Å². The number of hydrogen-bond acceptors (Lipinski definition) is 3. The van der Waals surface area contributed by atoms with Crippen molar-refractivity contribution in [2.24, 2.45) is 0 Å². The Bertz CT molecular complexity index is 571. The molecule has 1 aromatic carbocycles. The number of fused-ring (bicyclic) bond motifs is 1. The van der Waals surface area contributed by atoms with Gasteiger partial charge in [-0.15, -0.1) is 0 Å². The summed E-state index contributed by atoms with van der Waals surface area (Å²) >= 11 is 4.20. The van der Waals surface area contributed by atoms with Gasteiger partial charge in [0, 0.05) is 4.47 Å². The number of hydrogen-bond donors (Lipinski definition) is 2. The number of halogens is 1. The Hall–Kier alpha value is -1.14. The molecule has 0 bridgehead atoms. The van der Waals surface area contributed by atoms with Crippen LogP contribution < -0.4 is 4.87 Å². The number of H-pyrrole nitrogens is 1. The average molecular weight is 274 g/mol. The van der Waals surface area contributed by atoms with E-state index in [1.165, 1.54) is 12.1 Å². The monoisotopic (exact) mass is 273 g/mol. The van der Waals surface area contributed by atoms with Gasteiger partial charge in [-0.1, -0.05) is 11.3 Å². The minimum Gasteiger partial charge on any atom is -0.478 e. The van der Waals surface area contributed by atoms with Crippen molar-refractivity contribution in [3.63, 3.8) is 0 Å². The van der Waals surface area contributed by atoms with Crippen LogP contribution >= 0.6 is 27.3 Å². The maximum atomic E-state index is 11.0. The van der Waals surface area contributed by atoms with E-state index in [2.05, 4.69) is 20.9 Å². The number of carboxylic acids is 1. The van der Waals surface area contributed by atoms with Crippen molar-refractivity contribution in [2.75, 3.05) is 0 Å². The van der Waals surface area contributed by atoms with E-state index in [4.69, 9.17) is 5.11 Å². The zero-order chi connectivity index (χ0) is 10.3. The van der Waals surface area contributed by atoms with E-state index in [-0.39, 0.29) is 10.4 Å². The van der Waals surface area contributed by atoms with Gasteiger partial charge in [0.25, 0.3) is 0 Å². The summed E-state index contributed by atoms with van der Waals surface area (Å²) in [6.07, 6.45) is 0. The molecule has 0 amide bonds.